The molecule has 4 nitrogen and oxygen atoms in total. The van der Waals surface area contributed by atoms with Crippen LogP contribution < -0.4 is 11.3 Å². The minimum atomic E-state index is -4.07. The Hall–Kier alpha value is -0.820. The predicted octanol–water partition coefficient (Wildman–Crippen LogP) is 1.86. The molecule has 0 unspecified atom stereocenters. The van der Waals surface area contributed by atoms with Gasteiger partial charge in [-0.05, 0) is 25.7 Å². The van der Waals surface area contributed by atoms with Crippen molar-refractivity contribution in [1.29, 1.82) is 0 Å². The lowest BCUT2D eigenvalue weighted by atomic mass is 9.81. The molecule has 0 heterocycles. The standard InChI is InChI=1S/C11H20F3N3O/c1-18-7-6-16-10(17-15)8-2-4-9(5-3-8)11(12,13)14/h8-9H,2-7,15H2,1H3,(H,16,17). The first kappa shape index (κ1) is 15.2. The number of hydrogen-bond donors (Lipinski definition) is 2. The number of hydrazine groups is 1. The zero-order chi connectivity index (χ0) is 13.6. The largest absolute Gasteiger partial charge is 0.391 e. The molecule has 1 saturated carbocycles. The number of aliphatic imine (C=N–C) groups is 1. The van der Waals surface area contributed by atoms with Gasteiger partial charge in [0.2, 0.25) is 0 Å². The van der Waals surface area contributed by atoms with E-state index in [2.05, 4.69) is 10.4 Å². The molecule has 7 heteroatoms. The van der Waals surface area contributed by atoms with Gasteiger partial charge in [-0.15, -0.1) is 0 Å². The van der Waals surface area contributed by atoms with Crippen LogP contribution in [0.3, 0.4) is 0 Å². The minimum absolute atomic E-state index is 0.00505. The van der Waals surface area contributed by atoms with Crippen LogP contribution in [0.15, 0.2) is 4.99 Å². The number of hydrogen-bond acceptors (Lipinski definition) is 3. The highest BCUT2D eigenvalue weighted by atomic mass is 19.4. The first-order chi connectivity index (χ1) is 8.49. The minimum Gasteiger partial charge on any atom is -0.383 e. The van der Waals surface area contributed by atoms with E-state index >= 15 is 0 Å². The lowest BCUT2D eigenvalue weighted by molar-refractivity contribution is -0.182. The number of nitrogens with zero attached hydrogens (tertiary/aromatic N) is 1. The SMILES string of the molecule is COCCN=C(NN)C1CCC(C(F)(F)F)CC1. The molecule has 3 N–H and O–H groups in total. The van der Waals surface area contributed by atoms with Gasteiger partial charge in [-0.1, -0.05) is 0 Å². The number of rotatable bonds is 4. The molecule has 0 atom stereocenters. The Kier molecular flexibility index (Phi) is 5.87. The lowest BCUT2D eigenvalue weighted by Gasteiger charge is -2.30. The highest BCUT2D eigenvalue weighted by molar-refractivity contribution is 5.84. The van der Waals surface area contributed by atoms with Crippen molar-refractivity contribution in [3.05, 3.63) is 0 Å². The van der Waals surface area contributed by atoms with Crippen LogP contribution in [0.2, 0.25) is 0 Å². The van der Waals surface area contributed by atoms with Crippen molar-refractivity contribution in [1.82, 2.24) is 5.43 Å². The Balaban J connectivity index is 2.47. The van der Waals surface area contributed by atoms with E-state index in [1.165, 1.54) is 0 Å². The van der Waals surface area contributed by atoms with Crippen molar-refractivity contribution in [2.45, 2.75) is 31.9 Å². The van der Waals surface area contributed by atoms with Gasteiger partial charge >= 0.3 is 6.18 Å². The molecule has 1 fully saturated rings. The van der Waals surface area contributed by atoms with Gasteiger partial charge in [0.1, 0.15) is 5.84 Å². The van der Waals surface area contributed by atoms with Crippen molar-refractivity contribution < 1.29 is 17.9 Å². The zero-order valence-electron chi connectivity index (χ0n) is 10.5. The van der Waals surface area contributed by atoms with Crippen LogP contribution in [-0.2, 0) is 4.74 Å². The van der Waals surface area contributed by atoms with Gasteiger partial charge in [0.15, 0.2) is 0 Å². The molecular weight excluding hydrogens is 247 g/mol. The van der Waals surface area contributed by atoms with E-state index in [-0.39, 0.29) is 18.8 Å². The Morgan fingerprint density at radius 1 is 1.33 bits per heavy atom. The molecule has 0 aliphatic heterocycles. The molecule has 0 bridgehead atoms. The Bertz CT molecular complexity index is 273. The lowest BCUT2D eigenvalue weighted by Crippen LogP contribution is -2.39. The second kappa shape index (κ2) is 6.94. The third-order valence-corrected chi connectivity index (χ3v) is 3.30. The molecule has 106 valence electrons. The average molecular weight is 267 g/mol. The highest BCUT2D eigenvalue weighted by Crippen LogP contribution is 2.39. The number of amidine groups is 1. The van der Waals surface area contributed by atoms with Gasteiger partial charge in [0.05, 0.1) is 19.1 Å². The van der Waals surface area contributed by atoms with E-state index in [9.17, 15) is 13.2 Å². The summed E-state index contributed by atoms with van der Waals surface area (Å²) in [6.45, 7) is 0.943. The van der Waals surface area contributed by atoms with E-state index in [4.69, 9.17) is 10.6 Å². The Morgan fingerprint density at radius 2 is 1.94 bits per heavy atom. The summed E-state index contributed by atoms with van der Waals surface area (Å²) in [6, 6.07) is 0. The van der Waals surface area contributed by atoms with Crippen LogP contribution in [0, 0.1) is 11.8 Å². The Morgan fingerprint density at radius 3 is 2.39 bits per heavy atom. The van der Waals surface area contributed by atoms with Crippen LogP contribution in [0.25, 0.3) is 0 Å². The summed E-state index contributed by atoms with van der Waals surface area (Å²) in [5.41, 5.74) is 2.50. The number of nitrogens with one attached hydrogen (secondary N) is 1. The van der Waals surface area contributed by atoms with E-state index in [0.29, 0.717) is 31.8 Å². The fourth-order valence-corrected chi connectivity index (χ4v) is 2.24. The molecule has 0 aromatic heterocycles. The van der Waals surface area contributed by atoms with Crippen LogP contribution in [-0.4, -0.2) is 32.3 Å². The summed E-state index contributed by atoms with van der Waals surface area (Å²) in [5.74, 6) is 4.78. The molecule has 1 rings (SSSR count). The maximum absolute atomic E-state index is 12.5. The number of alkyl halides is 3. The number of ether oxygens (including phenoxy) is 1. The van der Waals surface area contributed by atoms with Crippen LogP contribution in [0.5, 0.6) is 0 Å². The van der Waals surface area contributed by atoms with E-state index in [0.717, 1.165) is 0 Å². The second-order valence-corrected chi connectivity index (χ2v) is 4.49. The average Bonchev–Trinajstić information content (AvgIpc) is 2.34. The number of halogens is 3. The van der Waals surface area contributed by atoms with E-state index in [1.807, 2.05) is 0 Å². The molecule has 0 aromatic rings. The van der Waals surface area contributed by atoms with Gasteiger partial charge in [-0.2, -0.15) is 13.2 Å². The van der Waals surface area contributed by atoms with Crippen molar-refractivity contribution in [3.63, 3.8) is 0 Å². The second-order valence-electron chi connectivity index (χ2n) is 4.49. The molecule has 0 aromatic carbocycles. The van der Waals surface area contributed by atoms with Crippen molar-refractivity contribution in [2.75, 3.05) is 20.3 Å². The maximum Gasteiger partial charge on any atom is 0.391 e. The normalized spacial score (nSPS) is 26.2. The molecule has 0 spiro atoms. The predicted molar refractivity (Wildman–Crippen MR) is 63.0 cm³/mol. The van der Waals surface area contributed by atoms with Gasteiger partial charge in [-0.3, -0.25) is 4.99 Å². The Labute approximate surface area is 105 Å². The van der Waals surface area contributed by atoms with Gasteiger partial charge in [0, 0.05) is 13.0 Å². The van der Waals surface area contributed by atoms with Crippen molar-refractivity contribution >= 4 is 5.84 Å². The monoisotopic (exact) mass is 267 g/mol. The topological polar surface area (TPSA) is 59.6 Å². The van der Waals surface area contributed by atoms with Gasteiger partial charge in [-0.25, -0.2) is 5.84 Å². The van der Waals surface area contributed by atoms with Gasteiger partial charge < -0.3 is 10.2 Å². The third-order valence-electron chi connectivity index (χ3n) is 3.30. The quantitative estimate of drug-likeness (QED) is 0.269. The van der Waals surface area contributed by atoms with E-state index in [1.54, 1.807) is 7.11 Å². The molecule has 1 aliphatic carbocycles. The molecular formula is C11H20F3N3O. The van der Waals surface area contributed by atoms with Crippen LogP contribution in [0.4, 0.5) is 13.2 Å². The molecule has 0 radical (unpaired) electrons. The first-order valence-electron chi connectivity index (χ1n) is 6.05. The number of methoxy groups -OCH3 is 1. The first-order valence-corrected chi connectivity index (χ1v) is 6.05. The smallest absolute Gasteiger partial charge is 0.383 e. The summed E-state index contributed by atoms with van der Waals surface area (Å²) in [4.78, 5) is 4.22. The number of nitrogens with two attached hydrogens (primary N) is 1. The van der Waals surface area contributed by atoms with Crippen molar-refractivity contribution in [2.24, 2.45) is 22.7 Å². The van der Waals surface area contributed by atoms with Crippen LogP contribution in [0.1, 0.15) is 25.7 Å². The van der Waals surface area contributed by atoms with Gasteiger partial charge in [0.25, 0.3) is 0 Å². The summed E-state index contributed by atoms with van der Waals surface area (Å²) >= 11 is 0. The summed E-state index contributed by atoms with van der Waals surface area (Å²) in [6.07, 6.45) is -2.83. The highest BCUT2D eigenvalue weighted by Gasteiger charge is 2.41. The summed E-state index contributed by atoms with van der Waals surface area (Å²) in [5, 5.41) is 0. The maximum atomic E-state index is 12.5. The molecule has 18 heavy (non-hydrogen) atoms. The summed E-state index contributed by atoms with van der Waals surface area (Å²) in [7, 11) is 1.57. The molecule has 0 amide bonds. The molecule has 0 saturated heterocycles. The summed E-state index contributed by atoms with van der Waals surface area (Å²) < 4.78 is 42.4. The fourth-order valence-electron chi connectivity index (χ4n) is 2.24. The van der Waals surface area contributed by atoms with Crippen molar-refractivity contribution in [3.8, 4) is 0 Å². The molecule has 1 aliphatic rings. The third kappa shape index (κ3) is 4.45. The van der Waals surface area contributed by atoms with E-state index < -0.39 is 12.1 Å². The van der Waals surface area contributed by atoms with Crippen LogP contribution >= 0.6 is 0 Å². The fraction of sp³-hybridized carbons (Fsp3) is 0.909. The zero-order valence-corrected chi connectivity index (χ0v) is 10.5.